The van der Waals surface area contributed by atoms with E-state index in [0.717, 1.165) is 12.4 Å². The topological polar surface area (TPSA) is 45.7 Å². The van der Waals surface area contributed by atoms with Gasteiger partial charge < -0.3 is 15.4 Å². The molecule has 0 aliphatic heterocycles. The lowest BCUT2D eigenvalue weighted by atomic mass is 9.56. The minimum absolute atomic E-state index is 0. The molecule has 0 aromatic carbocycles. The molecular formula is C14H28IN3O. The van der Waals surface area contributed by atoms with Gasteiger partial charge in [-0.25, -0.2) is 0 Å². The second-order valence-corrected chi connectivity index (χ2v) is 6.40. The zero-order chi connectivity index (χ0) is 13.4. The number of hydrogen-bond donors (Lipinski definition) is 2. The van der Waals surface area contributed by atoms with Crippen LogP contribution in [-0.2, 0) is 4.74 Å². The summed E-state index contributed by atoms with van der Waals surface area (Å²) in [5, 5.41) is 7.02. The average Bonchev–Trinajstić information content (AvgIpc) is 2.30. The van der Waals surface area contributed by atoms with Crippen LogP contribution in [0.4, 0.5) is 0 Å². The summed E-state index contributed by atoms with van der Waals surface area (Å²) in [5.41, 5.74) is 0.0962. The van der Waals surface area contributed by atoms with Crippen LogP contribution >= 0.6 is 24.0 Å². The van der Waals surface area contributed by atoms with Gasteiger partial charge in [-0.3, -0.25) is 4.99 Å². The quantitative estimate of drug-likeness (QED) is 0.449. The molecule has 0 heterocycles. The molecule has 0 saturated heterocycles. The fraction of sp³-hybridized carbons (Fsp3) is 0.929. The summed E-state index contributed by atoms with van der Waals surface area (Å²) in [5.74, 6) is 0.941. The normalized spacial score (nSPS) is 33.7. The number of ether oxygens (including phenoxy) is 1. The van der Waals surface area contributed by atoms with E-state index in [1.165, 1.54) is 19.3 Å². The second kappa shape index (κ2) is 6.16. The molecule has 2 aliphatic carbocycles. The molecule has 0 radical (unpaired) electrons. The second-order valence-electron chi connectivity index (χ2n) is 6.40. The van der Waals surface area contributed by atoms with E-state index in [0.29, 0.717) is 12.1 Å². The van der Waals surface area contributed by atoms with E-state index in [1.807, 2.05) is 7.05 Å². The maximum absolute atomic E-state index is 5.65. The third-order valence-corrected chi connectivity index (χ3v) is 5.26. The van der Waals surface area contributed by atoms with E-state index in [2.05, 4.69) is 36.4 Å². The molecule has 0 amide bonds. The first-order valence-corrected chi connectivity index (χ1v) is 6.98. The highest BCUT2D eigenvalue weighted by atomic mass is 127. The average molecular weight is 381 g/mol. The molecule has 4 nitrogen and oxygen atoms in total. The fourth-order valence-electron chi connectivity index (χ4n) is 2.80. The molecule has 2 unspecified atom stereocenters. The lowest BCUT2D eigenvalue weighted by Gasteiger charge is -2.59. The van der Waals surface area contributed by atoms with Crippen LogP contribution in [0.1, 0.15) is 46.5 Å². The first-order chi connectivity index (χ1) is 8.43. The van der Waals surface area contributed by atoms with Crippen LogP contribution in [0, 0.1) is 5.41 Å². The van der Waals surface area contributed by atoms with Gasteiger partial charge in [-0.15, -0.1) is 24.0 Å². The number of nitrogens with zero attached hydrogens (tertiary/aromatic N) is 1. The van der Waals surface area contributed by atoms with Crippen molar-refractivity contribution >= 4 is 29.9 Å². The van der Waals surface area contributed by atoms with E-state index in [-0.39, 0.29) is 35.0 Å². The van der Waals surface area contributed by atoms with E-state index in [1.54, 1.807) is 7.11 Å². The SMILES string of the molecule is CN=C(NC1CCC1)NC1CC(C)(OC)C1(C)C.I. The Labute approximate surface area is 134 Å². The number of nitrogens with one attached hydrogen (secondary N) is 2. The Kier molecular flexibility index (Phi) is 5.52. The predicted molar refractivity (Wildman–Crippen MR) is 90.3 cm³/mol. The van der Waals surface area contributed by atoms with Crippen molar-refractivity contribution in [1.29, 1.82) is 0 Å². The summed E-state index contributed by atoms with van der Waals surface area (Å²) in [4.78, 5) is 4.32. The highest BCUT2D eigenvalue weighted by Gasteiger charge is 2.58. The molecule has 2 N–H and O–H groups in total. The van der Waals surface area contributed by atoms with Crippen LogP contribution in [0.3, 0.4) is 0 Å². The van der Waals surface area contributed by atoms with E-state index in [4.69, 9.17) is 4.74 Å². The Morgan fingerprint density at radius 1 is 1.21 bits per heavy atom. The van der Waals surface area contributed by atoms with Crippen LogP contribution in [-0.4, -0.2) is 37.8 Å². The standard InChI is InChI=1S/C14H27N3O.HI/c1-13(2)11(9-14(13,3)18-5)17-12(15-4)16-10-7-6-8-10;/h10-11H,6-9H2,1-5H3,(H2,15,16,17);1H. The van der Waals surface area contributed by atoms with Crippen LogP contribution < -0.4 is 10.6 Å². The zero-order valence-corrected chi connectivity index (χ0v) is 15.1. The monoisotopic (exact) mass is 381 g/mol. The predicted octanol–water partition coefficient (Wildman–Crippen LogP) is 2.53. The molecule has 0 aromatic rings. The number of hydrogen-bond acceptors (Lipinski definition) is 2. The highest BCUT2D eigenvalue weighted by Crippen LogP contribution is 2.51. The molecule has 2 saturated carbocycles. The molecule has 2 aliphatic rings. The van der Waals surface area contributed by atoms with Gasteiger partial charge in [0.05, 0.1) is 5.60 Å². The molecule has 112 valence electrons. The smallest absolute Gasteiger partial charge is 0.191 e. The van der Waals surface area contributed by atoms with Gasteiger partial charge >= 0.3 is 0 Å². The highest BCUT2D eigenvalue weighted by molar-refractivity contribution is 14.0. The molecule has 2 rings (SSSR count). The molecule has 5 heteroatoms. The maximum atomic E-state index is 5.65. The summed E-state index contributed by atoms with van der Waals surface area (Å²) in [6, 6.07) is 1.04. The number of halogens is 1. The Balaban J connectivity index is 0.00000180. The van der Waals surface area contributed by atoms with Crippen molar-refractivity contribution in [3.05, 3.63) is 0 Å². The largest absolute Gasteiger partial charge is 0.378 e. The Bertz CT molecular complexity index is 342. The summed E-state index contributed by atoms with van der Waals surface area (Å²) in [6.45, 7) is 6.70. The third kappa shape index (κ3) is 3.01. The third-order valence-electron chi connectivity index (χ3n) is 5.26. The zero-order valence-electron chi connectivity index (χ0n) is 12.7. The van der Waals surface area contributed by atoms with Crippen LogP contribution in [0.2, 0.25) is 0 Å². The lowest BCUT2D eigenvalue weighted by molar-refractivity contribution is -0.176. The van der Waals surface area contributed by atoms with E-state index in [9.17, 15) is 0 Å². The molecule has 2 fully saturated rings. The molecule has 0 aromatic heterocycles. The number of aliphatic imine (C=N–C) groups is 1. The summed E-state index contributed by atoms with van der Waals surface area (Å²) < 4.78 is 5.65. The van der Waals surface area contributed by atoms with Crippen molar-refractivity contribution in [3.8, 4) is 0 Å². The minimum atomic E-state index is -0.0278. The number of rotatable bonds is 3. The fourth-order valence-corrected chi connectivity index (χ4v) is 2.80. The van der Waals surface area contributed by atoms with Gasteiger partial charge in [0.2, 0.25) is 0 Å². The van der Waals surface area contributed by atoms with Gasteiger partial charge in [0, 0.05) is 31.7 Å². The number of methoxy groups -OCH3 is 1. The summed E-state index contributed by atoms with van der Waals surface area (Å²) >= 11 is 0. The molecule has 0 bridgehead atoms. The minimum Gasteiger partial charge on any atom is -0.378 e. The molecule has 19 heavy (non-hydrogen) atoms. The van der Waals surface area contributed by atoms with Crippen molar-refractivity contribution in [2.45, 2.75) is 64.1 Å². The van der Waals surface area contributed by atoms with Gasteiger partial charge in [-0.2, -0.15) is 0 Å². The van der Waals surface area contributed by atoms with Crippen molar-refractivity contribution in [2.24, 2.45) is 10.4 Å². The van der Waals surface area contributed by atoms with Crippen molar-refractivity contribution < 1.29 is 4.74 Å². The molecular weight excluding hydrogens is 353 g/mol. The maximum Gasteiger partial charge on any atom is 0.191 e. The van der Waals surface area contributed by atoms with E-state index >= 15 is 0 Å². The lowest BCUT2D eigenvalue weighted by Crippen LogP contribution is -2.69. The first kappa shape index (κ1) is 17.0. The van der Waals surface area contributed by atoms with Crippen LogP contribution in [0.25, 0.3) is 0 Å². The summed E-state index contributed by atoms with van der Waals surface area (Å²) in [7, 11) is 3.65. The van der Waals surface area contributed by atoms with Crippen molar-refractivity contribution in [1.82, 2.24) is 10.6 Å². The van der Waals surface area contributed by atoms with Gasteiger partial charge in [0.25, 0.3) is 0 Å². The van der Waals surface area contributed by atoms with Crippen LogP contribution in [0.15, 0.2) is 4.99 Å². The van der Waals surface area contributed by atoms with Crippen molar-refractivity contribution in [2.75, 3.05) is 14.2 Å². The first-order valence-electron chi connectivity index (χ1n) is 6.98. The van der Waals surface area contributed by atoms with Gasteiger partial charge in [-0.1, -0.05) is 13.8 Å². The van der Waals surface area contributed by atoms with E-state index < -0.39 is 0 Å². The Morgan fingerprint density at radius 3 is 2.21 bits per heavy atom. The van der Waals surface area contributed by atoms with Gasteiger partial charge in [0.1, 0.15) is 0 Å². The molecule has 2 atom stereocenters. The number of guanidine groups is 1. The summed E-state index contributed by atoms with van der Waals surface area (Å²) in [6.07, 6.45) is 4.91. The molecule has 0 spiro atoms. The van der Waals surface area contributed by atoms with Gasteiger partial charge in [0.15, 0.2) is 5.96 Å². The van der Waals surface area contributed by atoms with Crippen LogP contribution in [0.5, 0.6) is 0 Å². The van der Waals surface area contributed by atoms with Crippen molar-refractivity contribution in [3.63, 3.8) is 0 Å². The van der Waals surface area contributed by atoms with Gasteiger partial charge in [-0.05, 0) is 32.6 Å². The Hall–Kier alpha value is -0.0400. The Morgan fingerprint density at radius 2 is 1.84 bits per heavy atom.